The zero-order valence-electron chi connectivity index (χ0n) is 12.8. The molecule has 0 saturated carbocycles. The van der Waals surface area contributed by atoms with Crippen molar-refractivity contribution >= 4 is 23.5 Å². The molecule has 0 aliphatic carbocycles. The van der Waals surface area contributed by atoms with Crippen molar-refractivity contribution < 1.29 is 9.53 Å². The van der Waals surface area contributed by atoms with Crippen LogP contribution in [0.4, 0.5) is 4.79 Å². The first-order valence-electron chi connectivity index (χ1n) is 7.38. The Bertz CT molecular complexity index is 701. The molecule has 4 nitrogen and oxygen atoms in total. The average molecular weight is 326 g/mol. The lowest BCUT2D eigenvalue weighted by Crippen LogP contribution is -2.39. The maximum Gasteiger partial charge on any atom is 0.321 e. The number of thioether (sulfide) groups is 1. The highest BCUT2D eigenvalue weighted by Crippen LogP contribution is 2.35. The maximum atomic E-state index is 12.1. The standard InChI is InChI=1S/C18H18N2O2S/c1-22-16-12-15(23-14-10-6-3-7-11-14)17(20-18(21)19-16)13-8-4-2-5-9-13/h2-11,16H,12H2,1H3,(H2,19,20,21). The number of methoxy groups -OCH3 is 1. The van der Waals surface area contributed by atoms with Crippen LogP contribution in [0.15, 0.2) is 70.5 Å². The highest BCUT2D eigenvalue weighted by atomic mass is 32.2. The summed E-state index contributed by atoms with van der Waals surface area (Å²) in [5.74, 6) is 0. The fraction of sp³-hybridized carbons (Fsp3) is 0.167. The molecule has 0 bridgehead atoms. The highest BCUT2D eigenvalue weighted by Gasteiger charge is 2.23. The summed E-state index contributed by atoms with van der Waals surface area (Å²) in [6, 6.07) is 19.7. The lowest BCUT2D eigenvalue weighted by molar-refractivity contribution is 0.0851. The van der Waals surface area contributed by atoms with Crippen LogP contribution < -0.4 is 10.6 Å². The lowest BCUT2D eigenvalue weighted by atomic mass is 10.1. The van der Waals surface area contributed by atoms with Gasteiger partial charge in [-0.2, -0.15) is 0 Å². The quantitative estimate of drug-likeness (QED) is 0.898. The van der Waals surface area contributed by atoms with Crippen molar-refractivity contribution in [1.29, 1.82) is 0 Å². The van der Waals surface area contributed by atoms with Gasteiger partial charge in [0.25, 0.3) is 0 Å². The number of carbonyl (C=O) groups excluding carboxylic acids is 1. The van der Waals surface area contributed by atoms with Gasteiger partial charge in [-0.25, -0.2) is 4.79 Å². The first-order valence-corrected chi connectivity index (χ1v) is 8.19. The van der Waals surface area contributed by atoms with Gasteiger partial charge in [0, 0.05) is 23.3 Å². The number of benzene rings is 2. The number of hydrogen-bond acceptors (Lipinski definition) is 3. The molecule has 1 heterocycles. The highest BCUT2D eigenvalue weighted by molar-refractivity contribution is 8.03. The van der Waals surface area contributed by atoms with Crippen molar-refractivity contribution in [2.75, 3.05) is 7.11 Å². The lowest BCUT2D eigenvalue weighted by Gasteiger charge is -2.15. The third kappa shape index (κ3) is 3.94. The van der Waals surface area contributed by atoms with Gasteiger partial charge < -0.3 is 15.4 Å². The minimum atomic E-state index is -0.345. The van der Waals surface area contributed by atoms with E-state index in [1.165, 1.54) is 0 Å². The summed E-state index contributed by atoms with van der Waals surface area (Å²) in [6.45, 7) is 0. The molecule has 1 aliphatic rings. The minimum absolute atomic E-state index is 0.251. The molecule has 1 unspecified atom stereocenters. The fourth-order valence-corrected chi connectivity index (χ4v) is 3.47. The van der Waals surface area contributed by atoms with E-state index in [9.17, 15) is 4.79 Å². The van der Waals surface area contributed by atoms with Crippen LogP contribution in [-0.2, 0) is 4.74 Å². The van der Waals surface area contributed by atoms with Crippen molar-refractivity contribution in [3.8, 4) is 0 Å². The Morgan fingerprint density at radius 1 is 1.04 bits per heavy atom. The van der Waals surface area contributed by atoms with Gasteiger partial charge in [0.15, 0.2) is 0 Å². The molecule has 2 N–H and O–H groups in total. The van der Waals surface area contributed by atoms with E-state index in [2.05, 4.69) is 22.8 Å². The zero-order valence-corrected chi connectivity index (χ0v) is 13.6. The van der Waals surface area contributed by atoms with Gasteiger partial charge >= 0.3 is 6.03 Å². The molecule has 2 amide bonds. The van der Waals surface area contributed by atoms with E-state index in [0.29, 0.717) is 6.42 Å². The van der Waals surface area contributed by atoms with Crippen molar-refractivity contribution in [2.24, 2.45) is 0 Å². The normalized spacial score (nSPS) is 18.1. The Hall–Kier alpha value is -2.24. The molecule has 1 atom stereocenters. The Morgan fingerprint density at radius 3 is 2.35 bits per heavy atom. The average Bonchev–Trinajstić information content (AvgIpc) is 2.75. The largest absolute Gasteiger partial charge is 0.361 e. The van der Waals surface area contributed by atoms with Gasteiger partial charge in [0.1, 0.15) is 6.23 Å². The van der Waals surface area contributed by atoms with Crippen LogP contribution in [0, 0.1) is 0 Å². The molecular formula is C18H18N2O2S. The predicted octanol–water partition coefficient (Wildman–Crippen LogP) is 3.82. The van der Waals surface area contributed by atoms with Gasteiger partial charge in [0.2, 0.25) is 0 Å². The summed E-state index contributed by atoms with van der Waals surface area (Å²) in [6.07, 6.45) is 0.265. The SMILES string of the molecule is COC1CC(Sc2ccccc2)=C(c2ccccc2)NC(=O)N1. The van der Waals surface area contributed by atoms with E-state index in [1.807, 2.05) is 48.5 Å². The van der Waals surface area contributed by atoms with E-state index in [1.54, 1.807) is 18.9 Å². The number of ether oxygens (including phenoxy) is 1. The summed E-state index contributed by atoms with van der Waals surface area (Å²) in [4.78, 5) is 14.3. The Kier molecular flexibility index (Phi) is 5.00. The van der Waals surface area contributed by atoms with Crippen molar-refractivity contribution in [3.63, 3.8) is 0 Å². The molecule has 5 heteroatoms. The third-order valence-electron chi connectivity index (χ3n) is 3.51. The smallest absolute Gasteiger partial charge is 0.321 e. The van der Waals surface area contributed by atoms with E-state index < -0.39 is 0 Å². The second kappa shape index (κ2) is 7.35. The van der Waals surface area contributed by atoms with Crippen LogP contribution in [0.3, 0.4) is 0 Å². The van der Waals surface area contributed by atoms with E-state index in [-0.39, 0.29) is 12.3 Å². The third-order valence-corrected chi connectivity index (χ3v) is 4.64. The van der Waals surface area contributed by atoms with E-state index in [0.717, 1.165) is 21.1 Å². The number of carbonyl (C=O) groups is 1. The van der Waals surface area contributed by atoms with Crippen LogP contribution in [0.2, 0.25) is 0 Å². The first-order chi connectivity index (χ1) is 11.3. The Balaban J connectivity index is 2.02. The number of hydrogen-bond donors (Lipinski definition) is 2. The Labute approximate surface area is 139 Å². The number of urea groups is 1. The molecule has 118 valence electrons. The molecule has 2 aromatic rings. The second-order valence-corrected chi connectivity index (χ2v) is 6.27. The first kappa shape index (κ1) is 15.6. The maximum absolute atomic E-state index is 12.1. The summed E-state index contributed by atoms with van der Waals surface area (Å²) in [7, 11) is 1.60. The van der Waals surface area contributed by atoms with Crippen molar-refractivity contribution in [3.05, 3.63) is 71.1 Å². The van der Waals surface area contributed by atoms with Crippen LogP contribution in [0.1, 0.15) is 12.0 Å². The monoisotopic (exact) mass is 326 g/mol. The molecule has 0 radical (unpaired) electrons. The van der Waals surface area contributed by atoms with Gasteiger partial charge in [-0.1, -0.05) is 60.3 Å². The summed E-state index contributed by atoms with van der Waals surface area (Å²) >= 11 is 1.65. The molecule has 0 aromatic heterocycles. The minimum Gasteiger partial charge on any atom is -0.361 e. The van der Waals surface area contributed by atoms with Gasteiger partial charge in [0.05, 0.1) is 5.70 Å². The molecule has 0 spiro atoms. The molecule has 3 rings (SSSR count). The number of amides is 2. The summed E-state index contributed by atoms with van der Waals surface area (Å²) in [5.41, 5.74) is 1.81. The van der Waals surface area contributed by atoms with E-state index in [4.69, 9.17) is 4.74 Å². The predicted molar refractivity (Wildman–Crippen MR) is 92.7 cm³/mol. The topological polar surface area (TPSA) is 50.4 Å². The molecule has 0 fully saturated rings. The van der Waals surface area contributed by atoms with Crippen LogP contribution >= 0.6 is 11.8 Å². The molecule has 1 aliphatic heterocycles. The molecular weight excluding hydrogens is 308 g/mol. The van der Waals surface area contributed by atoms with Gasteiger partial charge in [-0.15, -0.1) is 0 Å². The van der Waals surface area contributed by atoms with Crippen molar-refractivity contribution in [2.45, 2.75) is 17.5 Å². The molecule has 23 heavy (non-hydrogen) atoms. The van der Waals surface area contributed by atoms with Crippen LogP contribution in [0.5, 0.6) is 0 Å². The van der Waals surface area contributed by atoms with Crippen molar-refractivity contribution in [1.82, 2.24) is 10.6 Å². The van der Waals surface area contributed by atoms with Gasteiger partial charge in [-0.05, 0) is 17.7 Å². The molecule has 0 saturated heterocycles. The number of nitrogens with one attached hydrogen (secondary N) is 2. The second-order valence-electron chi connectivity index (χ2n) is 5.11. The van der Waals surface area contributed by atoms with Gasteiger partial charge in [-0.3, -0.25) is 0 Å². The van der Waals surface area contributed by atoms with E-state index >= 15 is 0 Å². The summed E-state index contributed by atoms with van der Waals surface area (Å²) in [5, 5.41) is 5.78. The zero-order chi connectivity index (χ0) is 16.1. The summed E-state index contributed by atoms with van der Waals surface area (Å²) < 4.78 is 5.37. The van der Waals surface area contributed by atoms with Crippen LogP contribution in [0.25, 0.3) is 5.70 Å². The Morgan fingerprint density at radius 2 is 1.70 bits per heavy atom. The van der Waals surface area contributed by atoms with Crippen LogP contribution in [-0.4, -0.2) is 19.4 Å². The number of rotatable bonds is 4. The fourth-order valence-electron chi connectivity index (χ4n) is 2.39. The molecule has 2 aromatic carbocycles.